The average Bonchev–Trinajstić information content (AvgIpc) is 3.04. The molecular formula is C19H19BrN2O4S. The number of halogens is 1. The van der Waals surface area contributed by atoms with Crippen molar-refractivity contribution < 1.29 is 17.9 Å². The Balaban J connectivity index is 1.67. The van der Waals surface area contributed by atoms with Crippen LogP contribution in [0.4, 0.5) is 5.69 Å². The Morgan fingerprint density at radius 1 is 1.26 bits per heavy atom. The van der Waals surface area contributed by atoms with Crippen molar-refractivity contribution >= 4 is 37.5 Å². The lowest BCUT2D eigenvalue weighted by molar-refractivity contribution is -0.116. The van der Waals surface area contributed by atoms with Gasteiger partial charge < -0.3 is 9.64 Å². The zero-order chi connectivity index (χ0) is 19.2. The van der Waals surface area contributed by atoms with Crippen LogP contribution in [0.5, 0.6) is 5.75 Å². The van der Waals surface area contributed by atoms with Crippen LogP contribution in [-0.4, -0.2) is 33.5 Å². The number of sulfonamides is 1. The second-order valence-electron chi connectivity index (χ2n) is 6.77. The van der Waals surface area contributed by atoms with Gasteiger partial charge in [-0.3, -0.25) is 4.79 Å². The highest BCUT2D eigenvalue weighted by Gasteiger charge is 2.33. The lowest BCUT2D eigenvalue weighted by Crippen LogP contribution is -2.43. The summed E-state index contributed by atoms with van der Waals surface area (Å²) < 4.78 is 35.5. The van der Waals surface area contributed by atoms with Gasteiger partial charge in [0.1, 0.15) is 17.3 Å². The van der Waals surface area contributed by atoms with Crippen LogP contribution in [0, 0.1) is 0 Å². The Morgan fingerprint density at radius 3 is 2.81 bits per heavy atom. The lowest BCUT2D eigenvalue weighted by Gasteiger charge is -2.27. The molecule has 0 aromatic heterocycles. The van der Waals surface area contributed by atoms with Gasteiger partial charge in [-0.25, -0.2) is 13.1 Å². The summed E-state index contributed by atoms with van der Waals surface area (Å²) >= 11 is 3.39. The van der Waals surface area contributed by atoms with E-state index in [0.29, 0.717) is 29.5 Å². The lowest BCUT2D eigenvalue weighted by atomic mass is 10.0. The number of nitrogens with one attached hydrogen (secondary N) is 1. The summed E-state index contributed by atoms with van der Waals surface area (Å²) in [4.78, 5) is 13.6. The first-order valence-electron chi connectivity index (χ1n) is 8.69. The summed E-state index contributed by atoms with van der Waals surface area (Å²) in [5, 5.41) is 0. The standard InChI is InChI=1S/C19H19BrN2O4S/c1-12(23)22-7-6-14-8-15(20)10-18(19(14)22)27(24,25)21-16-9-13-4-2-3-5-17(13)26-11-16/h2-5,8,10,16,21H,6-7,9,11H2,1H3/t16-/m0/s1. The number of benzene rings is 2. The van der Waals surface area contributed by atoms with Gasteiger partial charge in [-0.15, -0.1) is 0 Å². The third kappa shape index (κ3) is 3.49. The number of carbonyl (C=O) groups is 1. The van der Waals surface area contributed by atoms with E-state index < -0.39 is 10.0 Å². The van der Waals surface area contributed by atoms with E-state index >= 15 is 0 Å². The average molecular weight is 451 g/mol. The van der Waals surface area contributed by atoms with Gasteiger partial charge in [-0.1, -0.05) is 34.1 Å². The monoisotopic (exact) mass is 450 g/mol. The predicted molar refractivity (Wildman–Crippen MR) is 106 cm³/mol. The Bertz CT molecular complexity index is 1020. The van der Waals surface area contributed by atoms with E-state index in [1.807, 2.05) is 30.3 Å². The SMILES string of the molecule is CC(=O)N1CCc2cc(Br)cc(S(=O)(=O)N[C@@H]3COc4ccccc4C3)c21. The Kier molecular flexibility index (Phi) is 4.73. The van der Waals surface area contributed by atoms with Gasteiger partial charge in [0.25, 0.3) is 0 Å². The van der Waals surface area contributed by atoms with Crippen molar-refractivity contribution in [3.63, 3.8) is 0 Å². The van der Waals surface area contributed by atoms with Crippen LogP contribution in [0.15, 0.2) is 45.8 Å². The van der Waals surface area contributed by atoms with Crippen molar-refractivity contribution in [2.75, 3.05) is 18.1 Å². The van der Waals surface area contributed by atoms with Gasteiger partial charge in [-0.2, -0.15) is 0 Å². The first-order valence-corrected chi connectivity index (χ1v) is 11.0. The summed E-state index contributed by atoms with van der Waals surface area (Å²) in [7, 11) is -3.83. The first-order chi connectivity index (χ1) is 12.8. The summed E-state index contributed by atoms with van der Waals surface area (Å²) in [6, 6.07) is 10.7. The number of rotatable bonds is 3. The Labute approximate surface area is 166 Å². The molecule has 8 heteroatoms. The number of anilines is 1. The third-order valence-corrected chi connectivity index (χ3v) is 6.86. The normalized spacial score (nSPS) is 18.6. The molecule has 4 rings (SSSR count). The fourth-order valence-corrected chi connectivity index (χ4v) is 5.83. The molecule has 0 saturated carbocycles. The van der Waals surface area contributed by atoms with Gasteiger partial charge in [0.2, 0.25) is 15.9 Å². The van der Waals surface area contributed by atoms with Crippen molar-refractivity contribution in [2.24, 2.45) is 0 Å². The summed E-state index contributed by atoms with van der Waals surface area (Å²) in [6.45, 7) is 2.21. The first kappa shape index (κ1) is 18.5. The van der Waals surface area contributed by atoms with Gasteiger partial charge in [0.15, 0.2) is 0 Å². The molecule has 1 atom stereocenters. The second kappa shape index (κ2) is 6.92. The predicted octanol–water partition coefficient (Wildman–Crippen LogP) is 2.64. The number of hydrogen-bond acceptors (Lipinski definition) is 4. The van der Waals surface area contributed by atoms with Gasteiger partial charge in [0, 0.05) is 17.9 Å². The van der Waals surface area contributed by atoms with Crippen LogP contribution in [0.3, 0.4) is 0 Å². The van der Waals surface area contributed by atoms with Gasteiger partial charge in [-0.05, 0) is 42.2 Å². The highest BCUT2D eigenvalue weighted by atomic mass is 79.9. The molecule has 2 aliphatic rings. The molecular weight excluding hydrogens is 432 g/mol. The van der Waals surface area contributed by atoms with E-state index in [9.17, 15) is 13.2 Å². The molecule has 0 saturated heterocycles. The van der Waals surface area contributed by atoms with Crippen LogP contribution in [0.25, 0.3) is 0 Å². The zero-order valence-corrected chi connectivity index (χ0v) is 17.1. The van der Waals surface area contributed by atoms with Crippen LogP contribution >= 0.6 is 15.9 Å². The minimum atomic E-state index is -3.83. The number of fused-ring (bicyclic) bond motifs is 2. The van der Waals surface area contributed by atoms with Gasteiger partial charge in [0.05, 0.1) is 11.7 Å². The molecule has 142 valence electrons. The van der Waals surface area contributed by atoms with Crippen LogP contribution < -0.4 is 14.4 Å². The molecule has 0 fully saturated rings. The number of amides is 1. The third-order valence-electron chi connectivity index (χ3n) is 4.86. The van der Waals surface area contributed by atoms with Gasteiger partial charge >= 0.3 is 0 Å². The molecule has 1 amide bonds. The number of carbonyl (C=O) groups excluding carboxylic acids is 1. The molecule has 0 spiro atoms. The number of para-hydroxylation sites is 1. The van der Waals surface area contributed by atoms with E-state index in [1.165, 1.54) is 11.8 Å². The smallest absolute Gasteiger partial charge is 0.243 e. The van der Waals surface area contributed by atoms with E-state index in [1.54, 1.807) is 6.07 Å². The molecule has 0 unspecified atom stereocenters. The molecule has 2 aliphatic heterocycles. The Hall–Kier alpha value is -1.90. The number of nitrogens with zero attached hydrogens (tertiary/aromatic N) is 1. The molecule has 1 N–H and O–H groups in total. The molecule has 2 aromatic rings. The zero-order valence-electron chi connectivity index (χ0n) is 14.7. The summed E-state index contributed by atoms with van der Waals surface area (Å²) in [5.41, 5.74) is 2.31. The van der Waals surface area contributed by atoms with Crippen molar-refractivity contribution in [3.8, 4) is 5.75 Å². The van der Waals surface area contributed by atoms with E-state index in [2.05, 4.69) is 20.7 Å². The molecule has 6 nitrogen and oxygen atoms in total. The largest absolute Gasteiger partial charge is 0.492 e. The summed E-state index contributed by atoms with van der Waals surface area (Å²) in [6.07, 6.45) is 1.19. The summed E-state index contributed by atoms with van der Waals surface area (Å²) in [5.74, 6) is 0.626. The second-order valence-corrected chi connectivity index (χ2v) is 9.37. The van der Waals surface area contributed by atoms with Crippen LogP contribution in [0.1, 0.15) is 18.1 Å². The van der Waals surface area contributed by atoms with Crippen LogP contribution in [-0.2, 0) is 27.7 Å². The number of ether oxygens (including phenoxy) is 1. The Morgan fingerprint density at radius 2 is 2.04 bits per heavy atom. The quantitative estimate of drug-likeness (QED) is 0.779. The number of hydrogen-bond donors (Lipinski definition) is 1. The molecule has 0 radical (unpaired) electrons. The maximum atomic E-state index is 13.2. The molecule has 0 aliphatic carbocycles. The fourth-order valence-electron chi connectivity index (χ4n) is 3.68. The minimum Gasteiger partial charge on any atom is -0.492 e. The highest BCUT2D eigenvalue weighted by molar-refractivity contribution is 9.10. The van der Waals surface area contributed by atoms with Crippen molar-refractivity contribution in [2.45, 2.75) is 30.7 Å². The fraction of sp³-hybridized carbons (Fsp3) is 0.316. The molecule has 27 heavy (non-hydrogen) atoms. The topological polar surface area (TPSA) is 75.7 Å². The minimum absolute atomic E-state index is 0.124. The van der Waals surface area contributed by atoms with E-state index in [4.69, 9.17) is 4.74 Å². The van der Waals surface area contributed by atoms with Crippen LogP contribution in [0.2, 0.25) is 0 Å². The van der Waals surface area contributed by atoms with E-state index in [0.717, 1.165) is 16.9 Å². The highest BCUT2D eigenvalue weighted by Crippen LogP contribution is 2.37. The molecule has 2 aromatic carbocycles. The molecule has 0 bridgehead atoms. The van der Waals surface area contributed by atoms with Crippen molar-refractivity contribution in [1.82, 2.24) is 4.72 Å². The van der Waals surface area contributed by atoms with E-state index in [-0.39, 0.29) is 23.5 Å². The maximum Gasteiger partial charge on any atom is 0.243 e. The van der Waals surface area contributed by atoms with Crippen molar-refractivity contribution in [1.29, 1.82) is 0 Å². The molecule has 2 heterocycles. The van der Waals surface area contributed by atoms with Crippen molar-refractivity contribution in [3.05, 3.63) is 52.0 Å². The maximum absolute atomic E-state index is 13.2.